The molecule has 0 spiro atoms. The second-order valence-corrected chi connectivity index (χ2v) is 5.07. The van der Waals surface area contributed by atoms with E-state index in [1.165, 1.54) is 5.56 Å². The minimum atomic E-state index is -0.0779. The van der Waals surface area contributed by atoms with E-state index in [1.54, 1.807) is 6.08 Å². The van der Waals surface area contributed by atoms with Gasteiger partial charge in [-0.15, -0.1) is 0 Å². The monoisotopic (exact) mass is 279 g/mol. The van der Waals surface area contributed by atoms with Crippen LogP contribution in [-0.4, -0.2) is 5.91 Å². The molecule has 2 heteroatoms. The number of hydrogen-bond donors (Lipinski definition) is 1. The van der Waals surface area contributed by atoms with E-state index in [-0.39, 0.29) is 11.9 Å². The molecule has 0 saturated carbocycles. The van der Waals surface area contributed by atoms with Crippen LogP contribution in [0.5, 0.6) is 0 Å². The first kappa shape index (κ1) is 15.0. The first-order valence-corrected chi connectivity index (χ1v) is 7.31. The zero-order valence-corrected chi connectivity index (χ0v) is 12.5. The number of aryl methyl sites for hydroxylation is 1. The van der Waals surface area contributed by atoms with Crippen molar-refractivity contribution < 1.29 is 4.79 Å². The lowest BCUT2D eigenvalue weighted by molar-refractivity contribution is -0.117. The number of rotatable bonds is 5. The molecular weight excluding hydrogens is 258 g/mol. The molecule has 2 rings (SSSR count). The smallest absolute Gasteiger partial charge is 0.244 e. The van der Waals surface area contributed by atoms with Crippen molar-refractivity contribution in [1.29, 1.82) is 0 Å². The number of carbonyl (C=O) groups excluding carboxylic acids is 1. The van der Waals surface area contributed by atoms with Gasteiger partial charge in [0.15, 0.2) is 0 Å². The molecule has 1 amide bonds. The molecule has 0 unspecified atom stereocenters. The molecule has 0 aromatic heterocycles. The van der Waals surface area contributed by atoms with Crippen LogP contribution in [0.1, 0.15) is 36.6 Å². The lowest BCUT2D eigenvalue weighted by atomic mass is 10.1. The molecular formula is C19H21NO. The molecule has 0 heterocycles. The lowest BCUT2D eigenvalue weighted by Crippen LogP contribution is -2.24. The number of hydrogen-bond acceptors (Lipinski definition) is 1. The first-order valence-electron chi connectivity index (χ1n) is 7.31. The van der Waals surface area contributed by atoms with E-state index in [1.807, 2.05) is 55.5 Å². The Labute approximate surface area is 126 Å². The molecule has 0 aliphatic carbocycles. The largest absolute Gasteiger partial charge is 0.346 e. The maximum atomic E-state index is 11.9. The third-order valence-corrected chi connectivity index (χ3v) is 3.47. The molecule has 0 aliphatic rings. The quantitative estimate of drug-likeness (QED) is 0.819. The Morgan fingerprint density at radius 2 is 1.76 bits per heavy atom. The van der Waals surface area contributed by atoms with Gasteiger partial charge in [0, 0.05) is 6.08 Å². The maximum absolute atomic E-state index is 11.9. The summed E-state index contributed by atoms with van der Waals surface area (Å²) in [6.45, 7) is 4.11. The number of benzene rings is 2. The van der Waals surface area contributed by atoms with Gasteiger partial charge in [0.05, 0.1) is 6.04 Å². The highest BCUT2D eigenvalue weighted by atomic mass is 16.1. The van der Waals surface area contributed by atoms with Crippen LogP contribution in [0.2, 0.25) is 0 Å². The average Bonchev–Trinajstić information content (AvgIpc) is 2.54. The summed E-state index contributed by atoms with van der Waals surface area (Å²) in [5.41, 5.74) is 3.44. The Balaban J connectivity index is 1.93. The van der Waals surface area contributed by atoms with Crippen molar-refractivity contribution in [2.75, 3.05) is 0 Å². The summed E-state index contributed by atoms with van der Waals surface area (Å²) in [7, 11) is 0. The maximum Gasteiger partial charge on any atom is 0.244 e. The molecule has 1 atom stereocenters. The van der Waals surface area contributed by atoms with E-state index in [2.05, 4.69) is 24.4 Å². The van der Waals surface area contributed by atoms with E-state index >= 15 is 0 Å². The summed E-state index contributed by atoms with van der Waals surface area (Å²) in [5, 5.41) is 2.96. The highest BCUT2D eigenvalue weighted by Crippen LogP contribution is 2.11. The van der Waals surface area contributed by atoms with Gasteiger partial charge in [-0.05, 0) is 36.1 Å². The zero-order chi connectivity index (χ0) is 15.1. The zero-order valence-electron chi connectivity index (χ0n) is 12.5. The lowest BCUT2D eigenvalue weighted by Gasteiger charge is -2.12. The van der Waals surface area contributed by atoms with Crippen LogP contribution in [0.4, 0.5) is 0 Å². The fourth-order valence-corrected chi connectivity index (χ4v) is 2.12. The topological polar surface area (TPSA) is 29.1 Å². The van der Waals surface area contributed by atoms with Crippen molar-refractivity contribution in [3.63, 3.8) is 0 Å². The molecule has 21 heavy (non-hydrogen) atoms. The Hall–Kier alpha value is -2.35. The molecule has 0 aliphatic heterocycles. The Morgan fingerprint density at radius 1 is 1.10 bits per heavy atom. The summed E-state index contributed by atoms with van der Waals surface area (Å²) < 4.78 is 0. The van der Waals surface area contributed by atoms with E-state index in [0.717, 1.165) is 17.5 Å². The van der Waals surface area contributed by atoms with Gasteiger partial charge in [-0.3, -0.25) is 4.79 Å². The predicted molar refractivity (Wildman–Crippen MR) is 87.9 cm³/mol. The minimum Gasteiger partial charge on any atom is -0.346 e. The Bertz CT molecular complexity index is 599. The van der Waals surface area contributed by atoms with Gasteiger partial charge in [0.1, 0.15) is 0 Å². The summed E-state index contributed by atoms with van der Waals surface area (Å²) in [6, 6.07) is 18.2. The van der Waals surface area contributed by atoms with Gasteiger partial charge in [0.25, 0.3) is 0 Å². The Morgan fingerprint density at radius 3 is 2.38 bits per heavy atom. The highest BCUT2D eigenvalue weighted by Gasteiger charge is 2.06. The van der Waals surface area contributed by atoms with Crippen LogP contribution < -0.4 is 5.32 Å². The third-order valence-electron chi connectivity index (χ3n) is 3.47. The molecule has 1 N–H and O–H groups in total. The van der Waals surface area contributed by atoms with Gasteiger partial charge in [-0.1, -0.05) is 61.5 Å². The molecule has 0 fully saturated rings. The van der Waals surface area contributed by atoms with E-state index in [4.69, 9.17) is 0 Å². The van der Waals surface area contributed by atoms with Crippen LogP contribution in [0, 0.1) is 0 Å². The second-order valence-electron chi connectivity index (χ2n) is 5.07. The summed E-state index contributed by atoms with van der Waals surface area (Å²) in [4.78, 5) is 11.9. The van der Waals surface area contributed by atoms with Crippen LogP contribution in [0.15, 0.2) is 60.7 Å². The minimum absolute atomic E-state index is 0.00539. The molecule has 108 valence electrons. The van der Waals surface area contributed by atoms with Crippen molar-refractivity contribution in [3.8, 4) is 0 Å². The van der Waals surface area contributed by atoms with E-state index in [9.17, 15) is 4.79 Å². The van der Waals surface area contributed by atoms with Gasteiger partial charge in [-0.2, -0.15) is 0 Å². The molecule has 0 saturated heterocycles. The SMILES string of the molecule is CCc1ccc(/C=C/C(=O)N[C@@H](C)c2ccccc2)cc1. The average molecular weight is 279 g/mol. The van der Waals surface area contributed by atoms with Crippen molar-refractivity contribution in [2.24, 2.45) is 0 Å². The van der Waals surface area contributed by atoms with E-state index in [0.29, 0.717) is 0 Å². The van der Waals surface area contributed by atoms with Crippen molar-refractivity contribution in [1.82, 2.24) is 5.32 Å². The van der Waals surface area contributed by atoms with Gasteiger partial charge in [0.2, 0.25) is 5.91 Å². The fraction of sp³-hybridized carbons (Fsp3) is 0.211. The van der Waals surface area contributed by atoms with Crippen LogP contribution in [0.3, 0.4) is 0 Å². The number of carbonyl (C=O) groups is 1. The molecule has 2 aromatic rings. The molecule has 2 aromatic carbocycles. The highest BCUT2D eigenvalue weighted by molar-refractivity contribution is 5.91. The van der Waals surface area contributed by atoms with Crippen molar-refractivity contribution >= 4 is 12.0 Å². The normalized spacial score (nSPS) is 12.3. The van der Waals surface area contributed by atoms with Gasteiger partial charge >= 0.3 is 0 Å². The number of amides is 1. The fourth-order valence-electron chi connectivity index (χ4n) is 2.12. The van der Waals surface area contributed by atoms with Crippen LogP contribution >= 0.6 is 0 Å². The predicted octanol–water partition coefficient (Wildman–Crippen LogP) is 4.14. The first-order chi connectivity index (χ1) is 10.2. The third kappa shape index (κ3) is 4.60. The van der Waals surface area contributed by atoms with Crippen LogP contribution in [-0.2, 0) is 11.2 Å². The van der Waals surface area contributed by atoms with Crippen molar-refractivity contribution in [2.45, 2.75) is 26.3 Å². The summed E-state index contributed by atoms with van der Waals surface area (Å²) in [5.74, 6) is -0.0779. The van der Waals surface area contributed by atoms with Gasteiger partial charge in [-0.25, -0.2) is 0 Å². The molecule has 0 bridgehead atoms. The second kappa shape index (κ2) is 7.44. The van der Waals surface area contributed by atoms with Crippen LogP contribution in [0.25, 0.3) is 6.08 Å². The summed E-state index contributed by atoms with van der Waals surface area (Å²) in [6.07, 6.45) is 4.45. The van der Waals surface area contributed by atoms with Crippen molar-refractivity contribution in [3.05, 3.63) is 77.4 Å². The Kier molecular flexibility index (Phi) is 5.33. The molecule has 2 nitrogen and oxygen atoms in total. The standard InChI is InChI=1S/C19H21NO/c1-3-16-9-11-17(12-10-16)13-14-19(21)20-15(2)18-7-5-4-6-8-18/h4-15H,3H2,1-2H3,(H,20,21)/b14-13+/t15-/m0/s1. The van der Waals surface area contributed by atoms with Gasteiger partial charge < -0.3 is 5.32 Å². The van der Waals surface area contributed by atoms with E-state index < -0.39 is 0 Å². The number of nitrogens with one attached hydrogen (secondary N) is 1. The molecule has 0 radical (unpaired) electrons. The summed E-state index contributed by atoms with van der Waals surface area (Å²) >= 11 is 0.